The van der Waals surface area contributed by atoms with Crippen LogP contribution in [-0.2, 0) is 9.59 Å². The molecule has 0 radical (unpaired) electrons. The number of rotatable bonds is 4. The van der Waals surface area contributed by atoms with E-state index >= 15 is 0 Å². The van der Waals surface area contributed by atoms with Crippen LogP contribution in [0.5, 0.6) is 0 Å². The second-order valence-corrected chi connectivity index (χ2v) is 5.21. The lowest BCUT2D eigenvalue weighted by Crippen LogP contribution is -2.53. The van der Waals surface area contributed by atoms with Gasteiger partial charge in [0.15, 0.2) is 5.11 Å². The van der Waals surface area contributed by atoms with E-state index in [1.54, 1.807) is 12.2 Å². The highest BCUT2D eigenvalue weighted by molar-refractivity contribution is 7.80. The quantitative estimate of drug-likeness (QED) is 0.402. The van der Waals surface area contributed by atoms with Crippen molar-refractivity contribution in [2.75, 3.05) is 6.54 Å². The Morgan fingerprint density at radius 3 is 2.64 bits per heavy atom. The van der Waals surface area contributed by atoms with E-state index in [2.05, 4.69) is 11.9 Å². The first-order valence-electron chi connectivity index (χ1n) is 6.76. The summed E-state index contributed by atoms with van der Waals surface area (Å²) in [7, 11) is 0. The van der Waals surface area contributed by atoms with Crippen molar-refractivity contribution in [3.05, 3.63) is 65.8 Å². The van der Waals surface area contributed by atoms with Gasteiger partial charge in [-0.2, -0.15) is 0 Å². The van der Waals surface area contributed by atoms with Gasteiger partial charge in [0, 0.05) is 6.54 Å². The standard InChI is InChI=1S/C17H16N2O2S/c1-3-9-19-16(21)14(15(20)18-17(19)22)11-12(2)10-13-7-5-4-6-8-13/h3-8,10-11H,1,9H2,2H3,(H,18,20,22)/b12-10+,14-11+. The SMILES string of the molecule is C=CCN1C(=O)/C(=C/C(C)=C/c2ccccc2)C(=O)NC1=S. The van der Waals surface area contributed by atoms with E-state index in [4.69, 9.17) is 12.2 Å². The summed E-state index contributed by atoms with van der Waals surface area (Å²) in [5, 5.41) is 2.63. The molecule has 0 aromatic heterocycles. The molecule has 1 fully saturated rings. The van der Waals surface area contributed by atoms with Crippen molar-refractivity contribution < 1.29 is 9.59 Å². The summed E-state index contributed by atoms with van der Waals surface area (Å²) >= 11 is 5.00. The van der Waals surface area contributed by atoms with Crippen LogP contribution in [0.1, 0.15) is 12.5 Å². The molecule has 1 aromatic rings. The van der Waals surface area contributed by atoms with Gasteiger partial charge in [-0.3, -0.25) is 19.8 Å². The first-order chi connectivity index (χ1) is 10.5. The minimum atomic E-state index is -0.476. The molecule has 22 heavy (non-hydrogen) atoms. The zero-order chi connectivity index (χ0) is 16.1. The van der Waals surface area contributed by atoms with Crippen molar-refractivity contribution in [1.82, 2.24) is 10.2 Å². The fourth-order valence-corrected chi connectivity index (χ4v) is 2.32. The molecule has 1 heterocycles. The number of nitrogens with zero attached hydrogens (tertiary/aromatic N) is 1. The molecular formula is C17H16N2O2S. The summed E-state index contributed by atoms with van der Waals surface area (Å²) in [6.45, 7) is 5.69. The van der Waals surface area contributed by atoms with Crippen LogP contribution in [0.2, 0.25) is 0 Å². The third-order valence-corrected chi connectivity index (χ3v) is 3.39. The summed E-state index contributed by atoms with van der Waals surface area (Å²) in [5.41, 5.74) is 1.87. The number of benzene rings is 1. The molecule has 0 bridgehead atoms. The van der Waals surface area contributed by atoms with Crippen LogP contribution in [0, 0.1) is 0 Å². The Morgan fingerprint density at radius 1 is 1.32 bits per heavy atom. The number of nitrogens with one attached hydrogen (secondary N) is 1. The molecular weight excluding hydrogens is 296 g/mol. The average Bonchev–Trinajstić information content (AvgIpc) is 2.49. The van der Waals surface area contributed by atoms with Gasteiger partial charge in [0.2, 0.25) is 0 Å². The van der Waals surface area contributed by atoms with Crippen LogP contribution >= 0.6 is 12.2 Å². The maximum Gasteiger partial charge on any atom is 0.265 e. The van der Waals surface area contributed by atoms with E-state index < -0.39 is 11.8 Å². The highest BCUT2D eigenvalue weighted by Crippen LogP contribution is 2.14. The van der Waals surface area contributed by atoms with E-state index in [0.29, 0.717) is 0 Å². The maximum absolute atomic E-state index is 12.4. The van der Waals surface area contributed by atoms with Crippen LogP contribution in [0.15, 0.2) is 60.2 Å². The fourth-order valence-electron chi connectivity index (χ4n) is 2.07. The lowest BCUT2D eigenvalue weighted by molar-refractivity contribution is -0.128. The van der Waals surface area contributed by atoms with E-state index in [-0.39, 0.29) is 17.2 Å². The number of carbonyl (C=O) groups excluding carboxylic acids is 2. The molecule has 0 saturated carbocycles. The number of carbonyl (C=O) groups is 2. The minimum Gasteiger partial charge on any atom is -0.298 e. The molecule has 0 atom stereocenters. The lowest BCUT2D eigenvalue weighted by atomic mass is 10.1. The van der Waals surface area contributed by atoms with E-state index in [1.165, 1.54) is 4.90 Å². The zero-order valence-corrected chi connectivity index (χ0v) is 13.0. The van der Waals surface area contributed by atoms with E-state index in [1.807, 2.05) is 43.3 Å². The largest absolute Gasteiger partial charge is 0.298 e. The molecule has 5 heteroatoms. The molecule has 0 unspecified atom stereocenters. The van der Waals surface area contributed by atoms with Crippen LogP contribution in [0.4, 0.5) is 0 Å². The summed E-state index contributed by atoms with van der Waals surface area (Å²) in [5.74, 6) is -0.884. The molecule has 112 valence electrons. The first kappa shape index (κ1) is 15.9. The van der Waals surface area contributed by atoms with Gasteiger partial charge >= 0.3 is 0 Å². The second-order valence-electron chi connectivity index (χ2n) is 4.82. The Morgan fingerprint density at radius 2 is 2.00 bits per heavy atom. The third kappa shape index (κ3) is 3.56. The average molecular weight is 312 g/mol. The Kier molecular flexibility index (Phi) is 5.01. The molecule has 0 spiro atoms. The summed E-state index contributed by atoms with van der Waals surface area (Å²) < 4.78 is 0. The van der Waals surface area contributed by atoms with Crippen molar-refractivity contribution >= 4 is 35.2 Å². The highest BCUT2D eigenvalue weighted by Gasteiger charge is 2.32. The van der Waals surface area contributed by atoms with Gasteiger partial charge in [-0.25, -0.2) is 0 Å². The number of allylic oxidation sites excluding steroid dienone is 2. The normalized spacial score (nSPS) is 17.7. The van der Waals surface area contributed by atoms with E-state index in [0.717, 1.165) is 11.1 Å². The molecule has 1 N–H and O–H groups in total. The monoisotopic (exact) mass is 312 g/mol. The highest BCUT2D eigenvalue weighted by atomic mass is 32.1. The summed E-state index contributed by atoms with van der Waals surface area (Å²) in [6, 6.07) is 9.68. The van der Waals surface area contributed by atoms with Gasteiger partial charge in [-0.05, 0) is 36.4 Å². The van der Waals surface area contributed by atoms with Crippen LogP contribution in [0.3, 0.4) is 0 Å². The smallest absolute Gasteiger partial charge is 0.265 e. The number of thiocarbonyl (C=S) groups is 1. The molecule has 0 aliphatic carbocycles. The van der Waals surface area contributed by atoms with Gasteiger partial charge in [0.1, 0.15) is 5.57 Å². The van der Waals surface area contributed by atoms with Crippen molar-refractivity contribution in [2.24, 2.45) is 0 Å². The molecule has 4 nitrogen and oxygen atoms in total. The molecule has 2 amide bonds. The van der Waals surface area contributed by atoms with Gasteiger partial charge < -0.3 is 0 Å². The van der Waals surface area contributed by atoms with Crippen LogP contribution in [-0.4, -0.2) is 28.4 Å². The Bertz CT molecular complexity index is 690. The van der Waals surface area contributed by atoms with Crippen molar-refractivity contribution in [3.63, 3.8) is 0 Å². The zero-order valence-electron chi connectivity index (χ0n) is 12.2. The molecule has 1 aliphatic rings. The Balaban J connectivity index is 2.30. The minimum absolute atomic E-state index is 0.0696. The van der Waals surface area contributed by atoms with Gasteiger partial charge in [0.05, 0.1) is 0 Å². The van der Waals surface area contributed by atoms with Crippen LogP contribution in [0.25, 0.3) is 6.08 Å². The number of hydrogen-bond acceptors (Lipinski definition) is 3. The van der Waals surface area contributed by atoms with Gasteiger partial charge in [-0.1, -0.05) is 42.5 Å². The molecule has 2 rings (SSSR count). The van der Waals surface area contributed by atoms with E-state index in [9.17, 15) is 9.59 Å². The van der Waals surface area contributed by atoms with Crippen molar-refractivity contribution in [3.8, 4) is 0 Å². The fraction of sp³-hybridized carbons (Fsp3) is 0.118. The van der Waals surface area contributed by atoms with Gasteiger partial charge in [-0.15, -0.1) is 6.58 Å². The number of amides is 2. The summed E-state index contributed by atoms with van der Waals surface area (Å²) in [6.07, 6.45) is 5.03. The summed E-state index contributed by atoms with van der Waals surface area (Å²) in [4.78, 5) is 25.7. The Labute approximate surface area is 134 Å². The molecule has 1 aliphatic heterocycles. The second kappa shape index (κ2) is 6.95. The third-order valence-electron chi connectivity index (χ3n) is 3.06. The predicted octanol–water partition coefficient (Wildman–Crippen LogP) is 2.45. The number of hydrogen-bond donors (Lipinski definition) is 1. The van der Waals surface area contributed by atoms with Crippen molar-refractivity contribution in [1.29, 1.82) is 0 Å². The molecule has 1 aromatic carbocycles. The molecule has 1 saturated heterocycles. The van der Waals surface area contributed by atoms with Gasteiger partial charge in [0.25, 0.3) is 11.8 Å². The lowest BCUT2D eigenvalue weighted by Gasteiger charge is -2.27. The topological polar surface area (TPSA) is 49.4 Å². The van der Waals surface area contributed by atoms with Crippen molar-refractivity contribution in [2.45, 2.75) is 6.92 Å². The maximum atomic E-state index is 12.4. The Hall–Kier alpha value is -2.53. The van der Waals surface area contributed by atoms with Crippen LogP contribution < -0.4 is 5.32 Å². The first-order valence-corrected chi connectivity index (χ1v) is 7.17. The predicted molar refractivity (Wildman–Crippen MR) is 90.8 cm³/mol.